The largest absolute Gasteiger partial charge is 0.497 e. The molecule has 0 unspecified atom stereocenters. The van der Waals surface area contributed by atoms with Crippen molar-refractivity contribution < 1.29 is 9.47 Å². The Hall–Kier alpha value is -4.26. The number of hydrogen-bond donors (Lipinski definition) is 3. The van der Waals surface area contributed by atoms with Crippen LogP contribution in [0.2, 0.25) is 0 Å². The molecule has 5 N–H and O–H groups in total. The summed E-state index contributed by atoms with van der Waals surface area (Å²) in [6.07, 6.45) is 0. The zero-order valence-corrected chi connectivity index (χ0v) is 17.3. The van der Waals surface area contributed by atoms with Gasteiger partial charge >= 0.3 is 0 Å². The zero-order valence-electron chi connectivity index (χ0n) is 17.3. The first-order chi connectivity index (χ1) is 15.0. The van der Waals surface area contributed by atoms with Crippen LogP contribution in [0.25, 0.3) is 21.5 Å². The number of nitrogens with zero attached hydrogens (tertiary/aromatic N) is 2. The second-order valence-corrected chi connectivity index (χ2v) is 6.92. The quantitative estimate of drug-likeness (QED) is 0.340. The lowest BCUT2D eigenvalue weighted by Crippen LogP contribution is -2.26. The molecule has 0 heterocycles. The number of nitrogens with one attached hydrogen (secondary N) is 1. The molecule has 156 valence electrons. The lowest BCUT2D eigenvalue weighted by atomic mass is 10.1. The molecule has 4 aromatic carbocycles. The maximum absolute atomic E-state index is 6.03. The van der Waals surface area contributed by atoms with Gasteiger partial charge in [-0.1, -0.05) is 24.3 Å². The van der Waals surface area contributed by atoms with E-state index in [0.717, 1.165) is 38.7 Å². The Kier molecular flexibility index (Phi) is 5.57. The van der Waals surface area contributed by atoms with Crippen molar-refractivity contribution in [3.8, 4) is 11.5 Å². The van der Waals surface area contributed by atoms with E-state index in [1.54, 1.807) is 14.2 Å². The maximum atomic E-state index is 6.03. The third-order valence-electron chi connectivity index (χ3n) is 4.83. The van der Waals surface area contributed by atoms with Crippen molar-refractivity contribution >= 4 is 44.8 Å². The molecule has 0 spiro atoms. The molecule has 0 atom stereocenters. The van der Waals surface area contributed by atoms with Crippen LogP contribution in [0.3, 0.4) is 0 Å². The third-order valence-corrected chi connectivity index (χ3v) is 4.83. The molecule has 7 nitrogen and oxygen atoms in total. The first-order valence-corrected chi connectivity index (χ1v) is 9.65. The van der Waals surface area contributed by atoms with Gasteiger partial charge in [0.05, 0.1) is 19.9 Å². The molecule has 0 saturated heterocycles. The standard InChI is InChI=1S/C24H23N5O2/c1-30-21-9-5-15-3-7-19(11-17(15)13-21)27-23(25)29-24(26)28-20-8-4-16-6-10-22(31-2)14-18(16)12-20/h3-14H,1-2H3,(H5,25,26,27,28,29). The zero-order chi connectivity index (χ0) is 21.8. The fraction of sp³-hybridized carbons (Fsp3) is 0.0833. The second-order valence-electron chi connectivity index (χ2n) is 6.92. The minimum Gasteiger partial charge on any atom is -0.497 e. The highest BCUT2D eigenvalue weighted by molar-refractivity contribution is 6.02. The van der Waals surface area contributed by atoms with Gasteiger partial charge in [0.2, 0.25) is 11.9 Å². The van der Waals surface area contributed by atoms with Gasteiger partial charge in [-0.2, -0.15) is 4.99 Å². The Morgan fingerprint density at radius 1 is 0.710 bits per heavy atom. The molecule has 0 bridgehead atoms. The summed E-state index contributed by atoms with van der Waals surface area (Å²) in [6.45, 7) is 0. The molecular formula is C24H23N5O2. The number of benzene rings is 4. The van der Waals surface area contributed by atoms with Crippen LogP contribution in [0, 0.1) is 0 Å². The molecule has 7 heteroatoms. The molecule has 0 saturated carbocycles. The average molecular weight is 413 g/mol. The van der Waals surface area contributed by atoms with Gasteiger partial charge in [-0.05, 0) is 70.1 Å². The van der Waals surface area contributed by atoms with E-state index in [9.17, 15) is 0 Å². The van der Waals surface area contributed by atoms with Crippen molar-refractivity contribution in [3.63, 3.8) is 0 Å². The van der Waals surface area contributed by atoms with Crippen LogP contribution in [0.1, 0.15) is 0 Å². The molecule has 0 aliphatic heterocycles. The summed E-state index contributed by atoms with van der Waals surface area (Å²) < 4.78 is 10.6. The van der Waals surface area contributed by atoms with Gasteiger partial charge < -0.3 is 26.3 Å². The molecule has 0 aliphatic carbocycles. The van der Waals surface area contributed by atoms with Crippen LogP contribution in [-0.2, 0) is 0 Å². The molecule has 4 aromatic rings. The summed E-state index contributed by atoms with van der Waals surface area (Å²) >= 11 is 0. The number of hydrogen-bond acceptors (Lipinski definition) is 3. The van der Waals surface area contributed by atoms with Crippen molar-refractivity contribution in [1.82, 2.24) is 0 Å². The molecule has 0 fully saturated rings. The number of methoxy groups -OCH3 is 2. The first kappa shape index (κ1) is 20.0. The van der Waals surface area contributed by atoms with Gasteiger partial charge in [-0.3, -0.25) is 0 Å². The Labute approximate surface area is 180 Å². The predicted octanol–water partition coefficient (Wildman–Crippen LogP) is 4.38. The number of guanidine groups is 2. The van der Waals surface area contributed by atoms with Crippen LogP contribution in [0.4, 0.5) is 11.4 Å². The third kappa shape index (κ3) is 4.67. The van der Waals surface area contributed by atoms with Crippen LogP contribution >= 0.6 is 0 Å². The summed E-state index contributed by atoms with van der Waals surface area (Å²) in [5, 5.41) is 7.23. The number of nitrogens with two attached hydrogens (primary N) is 2. The van der Waals surface area contributed by atoms with Gasteiger partial charge in [0.15, 0.2) is 0 Å². The SMILES string of the molecule is COc1ccc2ccc(N=C(N)/N=C(\N)Nc3ccc4ccc(OC)cc4c3)cc2c1. The second kappa shape index (κ2) is 8.62. The van der Waals surface area contributed by atoms with Crippen LogP contribution < -0.4 is 26.3 Å². The van der Waals surface area contributed by atoms with Gasteiger partial charge in [-0.25, -0.2) is 4.99 Å². The Morgan fingerprint density at radius 2 is 1.29 bits per heavy atom. The summed E-state index contributed by atoms with van der Waals surface area (Å²) in [4.78, 5) is 8.51. The van der Waals surface area contributed by atoms with E-state index in [-0.39, 0.29) is 11.9 Å². The lowest BCUT2D eigenvalue weighted by molar-refractivity contribution is 0.415. The van der Waals surface area contributed by atoms with Gasteiger partial charge in [0.1, 0.15) is 11.5 Å². The maximum Gasteiger partial charge on any atom is 0.223 e. The van der Waals surface area contributed by atoms with E-state index in [0.29, 0.717) is 5.69 Å². The number of anilines is 1. The minimum atomic E-state index is 0.0507. The Balaban J connectivity index is 1.54. The van der Waals surface area contributed by atoms with E-state index < -0.39 is 0 Å². The highest BCUT2D eigenvalue weighted by Gasteiger charge is 2.02. The molecule has 0 aromatic heterocycles. The van der Waals surface area contributed by atoms with E-state index in [1.165, 1.54) is 0 Å². The first-order valence-electron chi connectivity index (χ1n) is 9.65. The van der Waals surface area contributed by atoms with E-state index in [4.69, 9.17) is 20.9 Å². The summed E-state index contributed by atoms with van der Waals surface area (Å²) in [5.41, 5.74) is 13.5. The van der Waals surface area contributed by atoms with Crippen molar-refractivity contribution in [2.75, 3.05) is 19.5 Å². The fourth-order valence-electron chi connectivity index (χ4n) is 3.29. The molecule has 0 aliphatic rings. The number of fused-ring (bicyclic) bond motifs is 2. The topological polar surface area (TPSA) is 107 Å². The fourth-order valence-corrected chi connectivity index (χ4v) is 3.29. The predicted molar refractivity (Wildman–Crippen MR) is 128 cm³/mol. The van der Waals surface area contributed by atoms with Gasteiger partial charge in [0, 0.05) is 5.69 Å². The van der Waals surface area contributed by atoms with Crippen molar-refractivity contribution in [2.24, 2.45) is 21.5 Å². The molecular weight excluding hydrogens is 390 g/mol. The van der Waals surface area contributed by atoms with Crippen LogP contribution in [0.5, 0.6) is 11.5 Å². The summed E-state index contributed by atoms with van der Waals surface area (Å²) in [5.74, 6) is 1.76. The van der Waals surface area contributed by atoms with Crippen molar-refractivity contribution in [2.45, 2.75) is 0 Å². The Morgan fingerprint density at radius 3 is 1.94 bits per heavy atom. The highest BCUT2D eigenvalue weighted by atomic mass is 16.5. The monoisotopic (exact) mass is 413 g/mol. The number of ether oxygens (including phenoxy) is 2. The van der Waals surface area contributed by atoms with Gasteiger partial charge in [0.25, 0.3) is 0 Å². The summed E-state index contributed by atoms with van der Waals surface area (Å²) in [6, 6.07) is 23.4. The smallest absolute Gasteiger partial charge is 0.223 e. The normalized spacial score (nSPS) is 12.2. The van der Waals surface area contributed by atoms with Crippen LogP contribution in [-0.4, -0.2) is 26.1 Å². The highest BCUT2D eigenvalue weighted by Crippen LogP contribution is 2.26. The van der Waals surface area contributed by atoms with Gasteiger partial charge in [-0.15, -0.1) is 0 Å². The van der Waals surface area contributed by atoms with Crippen LogP contribution in [0.15, 0.2) is 82.8 Å². The minimum absolute atomic E-state index is 0.0507. The average Bonchev–Trinajstić information content (AvgIpc) is 2.77. The van der Waals surface area contributed by atoms with Crippen molar-refractivity contribution in [1.29, 1.82) is 0 Å². The Bertz CT molecular complexity index is 1310. The van der Waals surface area contributed by atoms with E-state index >= 15 is 0 Å². The number of aliphatic imine (C=N–C) groups is 2. The van der Waals surface area contributed by atoms with E-state index in [2.05, 4.69) is 15.3 Å². The molecule has 0 radical (unpaired) electrons. The molecule has 31 heavy (non-hydrogen) atoms. The van der Waals surface area contributed by atoms with Crippen molar-refractivity contribution in [3.05, 3.63) is 72.8 Å². The lowest BCUT2D eigenvalue weighted by Gasteiger charge is -2.08. The van der Waals surface area contributed by atoms with E-state index in [1.807, 2.05) is 72.8 Å². The number of rotatable bonds is 4. The molecule has 0 amide bonds. The summed E-state index contributed by atoms with van der Waals surface area (Å²) in [7, 11) is 3.28. The molecule has 4 rings (SSSR count).